The molecule has 5 heteroatoms. The third-order valence-electron chi connectivity index (χ3n) is 2.12. The van der Waals surface area contributed by atoms with Gasteiger partial charge in [0.05, 0.1) is 13.2 Å². The Morgan fingerprint density at radius 1 is 1.38 bits per heavy atom. The highest BCUT2D eigenvalue weighted by Crippen LogP contribution is 2.24. The van der Waals surface area contributed by atoms with Crippen molar-refractivity contribution in [2.75, 3.05) is 19.8 Å². The number of hydrogen-bond donors (Lipinski definition) is 0. The molecular formula is C8H15NO4. The molecule has 1 heterocycles. The average molecular weight is 189 g/mol. The summed E-state index contributed by atoms with van der Waals surface area (Å²) in [5.74, 6) is -0.489. The Morgan fingerprint density at radius 3 is 2.54 bits per heavy atom. The van der Waals surface area contributed by atoms with Crippen LogP contribution < -0.4 is 0 Å². The first-order chi connectivity index (χ1) is 6.12. The minimum absolute atomic E-state index is 0.0378. The molecule has 76 valence electrons. The Kier molecular flexibility index (Phi) is 3.62. The number of nitro groups is 1. The number of hydrogen-bond acceptors (Lipinski definition) is 4. The van der Waals surface area contributed by atoms with Crippen molar-refractivity contribution < 1.29 is 14.4 Å². The van der Waals surface area contributed by atoms with Crippen molar-refractivity contribution >= 4 is 0 Å². The van der Waals surface area contributed by atoms with Gasteiger partial charge in [0.25, 0.3) is 0 Å². The van der Waals surface area contributed by atoms with E-state index in [1.54, 1.807) is 0 Å². The maximum absolute atomic E-state index is 10.0. The summed E-state index contributed by atoms with van der Waals surface area (Å²) in [5, 5.41) is 10.0. The van der Waals surface area contributed by atoms with Gasteiger partial charge in [-0.05, 0) is 13.3 Å². The number of unbranched alkanes of at least 4 members (excludes halogenated alkanes) is 1. The zero-order valence-corrected chi connectivity index (χ0v) is 7.82. The second-order valence-electron chi connectivity index (χ2n) is 3.34. The summed E-state index contributed by atoms with van der Waals surface area (Å²) >= 11 is 0. The van der Waals surface area contributed by atoms with Gasteiger partial charge in [0.15, 0.2) is 5.79 Å². The van der Waals surface area contributed by atoms with Crippen molar-refractivity contribution in [2.24, 2.45) is 0 Å². The Labute approximate surface area is 77.2 Å². The maximum Gasteiger partial charge on any atom is 0.203 e. The molecule has 1 aliphatic rings. The molecule has 0 N–H and O–H groups in total. The Morgan fingerprint density at radius 2 is 2.00 bits per heavy atom. The zero-order chi connectivity index (χ0) is 9.73. The van der Waals surface area contributed by atoms with E-state index in [1.165, 1.54) is 0 Å². The van der Waals surface area contributed by atoms with Gasteiger partial charge in [0.2, 0.25) is 6.54 Å². The molecule has 5 nitrogen and oxygen atoms in total. The van der Waals surface area contributed by atoms with Gasteiger partial charge in [-0.15, -0.1) is 0 Å². The predicted molar refractivity (Wildman–Crippen MR) is 46.0 cm³/mol. The standard InChI is InChI=1S/C8H15NO4/c1-8(12-6-7-13-8)4-2-3-5-9(10)11/h2-7H2,1H3. The Hall–Kier alpha value is -0.680. The zero-order valence-electron chi connectivity index (χ0n) is 7.82. The van der Waals surface area contributed by atoms with Crippen molar-refractivity contribution in [1.29, 1.82) is 0 Å². The summed E-state index contributed by atoms with van der Waals surface area (Å²) in [5.41, 5.74) is 0. The van der Waals surface area contributed by atoms with Crippen LogP contribution >= 0.6 is 0 Å². The van der Waals surface area contributed by atoms with Gasteiger partial charge in [-0.25, -0.2) is 0 Å². The average Bonchev–Trinajstić information content (AvgIpc) is 2.47. The van der Waals surface area contributed by atoms with Crippen LogP contribution in [0.3, 0.4) is 0 Å². The molecule has 0 spiro atoms. The third kappa shape index (κ3) is 3.69. The molecule has 0 radical (unpaired) electrons. The molecule has 13 heavy (non-hydrogen) atoms. The summed E-state index contributed by atoms with van der Waals surface area (Å²) in [4.78, 5) is 9.73. The first-order valence-corrected chi connectivity index (χ1v) is 4.52. The summed E-state index contributed by atoms with van der Waals surface area (Å²) in [6.07, 6.45) is 2.10. The quantitative estimate of drug-likeness (QED) is 0.370. The number of ether oxygens (including phenoxy) is 2. The first kappa shape index (κ1) is 10.4. The van der Waals surface area contributed by atoms with E-state index < -0.39 is 5.79 Å². The molecule has 0 aromatic heterocycles. The molecule has 1 saturated heterocycles. The Balaban J connectivity index is 2.07. The lowest BCUT2D eigenvalue weighted by molar-refractivity contribution is -0.480. The van der Waals surface area contributed by atoms with Crippen LogP contribution in [0.15, 0.2) is 0 Å². The second kappa shape index (κ2) is 4.53. The van der Waals surface area contributed by atoms with Gasteiger partial charge in [-0.1, -0.05) is 0 Å². The largest absolute Gasteiger partial charge is 0.348 e. The van der Waals surface area contributed by atoms with Gasteiger partial charge in [-0.2, -0.15) is 0 Å². The summed E-state index contributed by atoms with van der Waals surface area (Å²) in [6, 6.07) is 0. The van der Waals surface area contributed by atoms with Gasteiger partial charge < -0.3 is 9.47 Å². The van der Waals surface area contributed by atoms with Crippen molar-refractivity contribution in [2.45, 2.75) is 32.0 Å². The minimum atomic E-state index is -0.489. The normalized spacial score (nSPS) is 20.4. The summed E-state index contributed by atoms with van der Waals surface area (Å²) in [7, 11) is 0. The molecule has 1 fully saturated rings. The van der Waals surface area contributed by atoms with E-state index >= 15 is 0 Å². The van der Waals surface area contributed by atoms with Gasteiger partial charge in [-0.3, -0.25) is 10.1 Å². The molecule has 1 rings (SSSR count). The van der Waals surface area contributed by atoms with Crippen LogP contribution in [0, 0.1) is 10.1 Å². The van der Waals surface area contributed by atoms with Crippen molar-refractivity contribution in [3.05, 3.63) is 10.1 Å². The Bertz CT molecular complexity index is 177. The van der Waals surface area contributed by atoms with Crippen LogP contribution in [0.5, 0.6) is 0 Å². The topological polar surface area (TPSA) is 61.6 Å². The van der Waals surface area contributed by atoms with Crippen molar-refractivity contribution in [1.82, 2.24) is 0 Å². The van der Waals surface area contributed by atoms with Gasteiger partial charge in [0.1, 0.15) is 0 Å². The molecule has 0 bridgehead atoms. The highest BCUT2D eigenvalue weighted by atomic mass is 16.7. The molecule has 0 saturated carbocycles. The molecule has 0 aliphatic carbocycles. The van der Waals surface area contributed by atoms with Crippen molar-refractivity contribution in [3.63, 3.8) is 0 Å². The van der Waals surface area contributed by atoms with Crippen LogP contribution in [0.1, 0.15) is 26.2 Å². The lowest BCUT2D eigenvalue weighted by atomic mass is 10.1. The highest BCUT2D eigenvalue weighted by molar-refractivity contribution is 4.67. The van der Waals surface area contributed by atoms with E-state index in [4.69, 9.17) is 9.47 Å². The van der Waals surface area contributed by atoms with E-state index in [9.17, 15) is 10.1 Å². The van der Waals surface area contributed by atoms with Crippen molar-refractivity contribution in [3.8, 4) is 0 Å². The SMILES string of the molecule is CC1(CCCC[N+](=O)[O-])OCCO1. The van der Waals surface area contributed by atoms with Crippen LogP contribution in [-0.2, 0) is 9.47 Å². The fourth-order valence-corrected chi connectivity index (χ4v) is 1.39. The summed E-state index contributed by atoms with van der Waals surface area (Å²) < 4.78 is 10.7. The van der Waals surface area contributed by atoms with Crippen LogP contribution in [0.2, 0.25) is 0 Å². The van der Waals surface area contributed by atoms with E-state index in [1.807, 2.05) is 6.92 Å². The van der Waals surface area contributed by atoms with E-state index in [0.29, 0.717) is 19.6 Å². The maximum atomic E-state index is 10.0. The molecule has 0 aromatic carbocycles. The lowest BCUT2D eigenvalue weighted by Crippen LogP contribution is -2.25. The van der Waals surface area contributed by atoms with Crippen LogP contribution in [0.25, 0.3) is 0 Å². The fraction of sp³-hybridized carbons (Fsp3) is 1.00. The molecule has 0 unspecified atom stereocenters. The van der Waals surface area contributed by atoms with Gasteiger partial charge >= 0.3 is 0 Å². The molecular weight excluding hydrogens is 174 g/mol. The van der Waals surface area contributed by atoms with Crippen LogP contribution in [-0.4, -0.2) is 30.5 Å². The lowest BCUT2D eigenvalue weighted by Gasteiger charge is -2.21. The first-order valence-electron chi connectivity index (χ1n) is 4.52. The monoisotopic (exact) mass is 189 g/mol. The number of rotatable bonds is 5. The van der Waals surface area contributed by atoms with E-state index in [2.05, 4.69) is 0 Å². The van der Waals surface area contributed by atoms with Gasteiger partial charge in [0, 0.05) is 17.8 Å². The highest BCUT2D eigenvalue weighted by Gasteiger charge is 2.29. The summed E-state index contributed by atoms with van der Waals surface area (Å²) in [6.45, 7) is 3.18. The number of nitrogens with zero attached hydrogens (tertiary/aromatic N) is 1. The van der Waals surface area contributed by atoms with E-state index in [0.717, 1.165) is 12.8 Å². The molecule has 1 aliphatic heterocycles. The van der Waals surface area contributed by atoms with E-state index in [-0.39, 0.29) is 11.5 Å². The predicted octanol–water partition coefficient (Wildman–Crippen LogP) is 1.20. The third-order valence-corrected chi connectivity index (χ3v) is 2.12. The molecule has 0 aromatic rings. The smallest absolute Gasteiger partial charge is 0.203 e. The van der Waals surface area contributed by atoms with Crippen LogP contribution in [0.4, 0.5) is 0 Å². The second-order valence-corrected chi connectivity index (χ2v) is 3.34. The minimum Gasteiger partial charge on any atom is -0.348 e. The fourth-order valence-electron chi connectivity index (χ4n) is 1.39. The molecule has 0 atom stereocenters. The molecule has 0 amide bonds.